The number of amides is 1. The first-order valence-corrected chi connectivity index (χ1v) is 5.77. The van der Waals surface area contributed by atoms with Crippen molar-refractivity contribution < 1.29 is 19.1 Å². The maximum Gasteiger partial charge on any atom is 0.311 e. The molecule has 0 saturated heterocycles. The highest BCUT2D eigenvalue weighted by Gasteiger charge is 2.21. The van der Waals surface area contributed by atoms with Gasteiger partial charge in [-0.25, -0.2) is 0 Å². The van der Waals surface area contributed by atoms with Gasteiger partial charge in [0.25, 0.3) is 5.91 Å². The van der Waals surface area contributed by atoms with E-state index in [-0.39, 0.29) is 23.5 Å². The minimum atomic E-state index is -1.02. The van der Waals surface area contributed by atoms with Crippen molar-refractivity contribution >= 4 is 11.9 Å². The summed E-state index contributed by atoms with van der Waals surface area (Å²) in [6.07, 6.45) is 1.12. The van der Waals surface area contributed by atoms with Gasteiger partial charge in [-0.15, -0.1) is 0 Å². The van der Waals surface area contributed by atoms with Gasteiger partial charge in [0, 0.05) is 12.1 Å². The summed E-state index contributed by atoms with van der Waals surface area (Å²) in [5.41, 5.74) is 0.958. The fraction of sp³-hybridized carbons (Fsp3) is 0.538. The fourth-order valence-corrected chi connectivity index (χ4v) is 1.50. The third-order valence-electron chi connectivity index (χ3n) is 2.37. The molecular weight excluding hydrogens is 234 g/mol. The van der Waals surface area contributed by atoms with E-state index in [9.17, 15) is 9.59 Å². The summed E-state index contributed by atoms with van der Waals surface area (Å²) in [7, 11) is 0. The van der Waals surface area contributed by atoms with E-state index in [0.29, 0.717) is 17.7 Å². The van der Waals surface area contributed by atoms with Crippen LogP contribution in [0.25, 0.3) is 0 Å². The van der Waals surface area contributed by atoms with E-state index in [1.807, 2.05) is 20.8 Å². The monoisotopic (exact) mass is 253 g/mol. The molecule has 0 aliphatic rings. The SMILES string of the molecule is Cc1coc(CC(=O)O)c1C(=O)NCC(C)(C)C. The molecule has 0 bridgehead atoms. The molecule has 5 heteroatoms. The van der Waals surface area contributed by atoms with Crippen molar-refractivity contribution in [2.75, 3.05) is 6.54 Å². The first-order chi connectivity index (χ1) is 8.20. The van der Waals surface area contributed by atoms with Crippen LogP contribution in [0.4, 0.5) is 0 Å². The largest absolute Gasteiger partial charge is 0.481 e. The Hall–Kier alpha value is -1.78. The summed E-state index contributed by atoms with van der Waals surface area (Å²) < 4.78 is 5.12. The molecule has 0 unspecified atom stereocenters. The Morgan fingerprint density at radius 1 is 1.39 bits per heavy atom. The van der Waals surface area contributed by atoms with Gasteiger partial charge in [-0.05, 0) is 12.3 Å². The summed E-state index contributed by atoms with van der Waals surface area (Å²) in [5, 5.41) is 11.5. The molecule has 0 atom stereocenters. The average Bonchev–Trinajstić information content (AvgIpc) is 2.54. The number of rotatable bonds is 4. The van der Waals surface area contributed by atoms with Crippen molar-refractivity contribution in [2.45, 2.75) is 34.1 Å². The Morgan fingerprint density at radius 2 is 2.00 bits per heavy atom. The first kappa shape index (κ1) is 14.3. The number of hydrogen-bond acceptors (Lipinski definition) is 3. The van der Waals surface area contributed by atoms with Crippen LogP contribution in [0.15, 0.2) is 10.7 Å². The highest BCUT2D eigenvalue weighted by molar-refractivity contribution is 5.97. The number of carboxylic acid groups (broad SMARTS) is 1. The number of furan rings is 1. The van der Waals surface area contributed by atoms with Crippen LogP contribution >= 0.6 is 0 Å². The van der Waals surface area contributed by atoms with Gasteiger partial charge in [-0.3, -0.25) is 9.59 Å². The number of carbonyl (C=O) groups excluding carboxylic acids is 1. The zero-order valence-corrected chi connectivity index (χ0v) is 11.2. The standard InChI is InChI=1S/C13H19NO4/c1-8-6-18-9(5-10(15)16)11(8)12(17)14-7-13(2,3)4/h6H,5,7H2,1-4H3,(H,14,17)(H,15,16). The van der Waals surface area contributed by atoms with E-state index in [1.165, 1.54) is 6.26 Å². The Kier molecular flexibility index (Phi) is 4.16. The number of hydrogen-bond donors (Lipinski definition) is 2. The predicted molar refractivity (Wildman–Crippen MR) is 66.6 cm³/mol. The minimum Gasteiger partial charge on any atom is -0.481 e. The van der Waals surface area contributed by atoms with Crippen molar-refractivity contribution in [2.24, 2.45) is 5.41 Å². The van der Waals surface area contributed by atoms with Crippen molar-refractivity contribution in [3.63, 3.8) is 0 Å². The van der Waals surface area contributed by atoms with Gasteiger partial charge < -0.3 is 14.8 Å². The third kappa shape index (κ3) is 3.91. The summed E-state index contributed by atoms with van der Waals surface area (Å²) in [6.45, 7) is 8.26. The molecule has 0 radical (unpaired) electrons. The summed E-state index contributed by atoms with van der Waals surface area (Å²) in [5.74, 6) is -1.10. The van der Waals surface area contributed by atoms with E-state index in [1.54, 1.807) is 6.92 Å². The van der Waals surface area contributed by atoms with Gasteiger partial charge >= 0.3 is 5.97 Å². The topological polar surface area (TPSA) is 79.5 Å². The van der Waals surface area contributed by atoms with E-state index < -0.39 is 5.97 Å². The molecule has 0 saturated carbocycles. The molecule has 0 fully saturated rings. The van der Waals surface area contributed by atoms with Crippen molar-refractivity contribution in [3.8, 4) is 0 Å². The average molecular weight is 253 g/mol. The molecular formula is C13H19NO4. The maximum atomic E-state index is 12.0. The lowest BCUT2D eigenvalue weighted by atomic mass is 9.96. The van der Waals surface area contributed by atoms with Crippen molar-refractivity contribution in [1.29, 1.82) is 0 Å². The van der Waals surface area contributed by atoms with Crippen LogP contribution < -0.4 is 5.32 Å². The van der Waals surface area contributed by atoms with Crippen LogP contribution in [0.1, 0.15) is 42.5 Å². The Balaban J connectivity index is 2.84. The summed E-state index contributed by atoms with van der Waals surface area (Å²) in [6, 6.07) is 0. The molecule has 2 N–H and O–H groups in total. The van der Waals surface area contributed by atoms with Gasteiger partial charge in [-0.1, -0.05) is 20.8 Å². The minimum absolute atomic E-state index is 0.0275. The second-order valence-corrected chi connectivity index (χ2v) is 5.53. The molecule has 1 amide bonds. The lowest BCUT2D eigenvalue weighted by molar-refractivity contribution is -0.136. The quantitative estimate of drug-likeness (QED) is 0.860. The number of carboxylic acids is 1. The molecule has 1 rings (SSSR count). The highest BCUT2D eigenvalue weighted by atomic mass is 16.4. The van der Waals surface area contributed by atoms with E-state index >= 15 is 0 Å². The van der Waals surface area contributed by atoms with Crippen LogP contribution in [-0.4, -0.2) is 23.5 Å². The van der Waals surface area contributed by atoms with Crippen LogP contribution in [0.3, 0.4) is 0 Å². The predicted octanol–water partition coefficient (Wildman–Crippen LogP) is 1.99. The number of aliphatic carboxylic acids is 1. The van der Waals surface area contributed by atoms with E-state index in [0.717, 1.165) is 0 Å². The smallest absolute Gasteiger partial charge is 0.311 e. The molecule has 0 spiro atoms. The number of nitrogens with one attached hydrogen (secondary N) is 1. The first-order valence-electron chi connectivity index (χ1n) is 5.77. The summed E-state index contributed by atoms with van der Waals surface area (Å²) in [4.78, 5) is 22.7. The van der Waals surface area contributed by atoms with Gasteiger partial charge in [0.2, 0.25) is 0 Å². The summed E-state index contributed by atoms with van der Waals surface area (Å²) >= 11 is 0. The molecule has 1 heterocycles. The van der Waals surface area contributed by atoms with Gasteiger partial charge in [0.1, 0.15) is 12.2 Å². The maximum absolute atomic E-state index is 12.0. The van der Waals surface area contributed by atoms with Crippen LogP contribution in [-0.2, 0) is 11.2 Å². The van der Waals surface area contributed by atoms with E-state index in [2.05, 4.69) is 5.32 Å². The molecule has 0 aliphatic carbocycles. The highest BCUT2D eigenvalue weighted by Crippen LogP contribution is 2.18. The van der Waals surface area contributed by atoms with Crippen molar-refractivity contribution in [1.82, 2.24) is 5.32 Å². The number of carbonyl (C=O) groups is 2. The van der Waals surface area contributed by atoms with E-state index in [4.69, 9.17) is 9.52 Å². The second kappa shape index (κ2) is 5.25. The van der Waals surface area contributed by atoms with Gasteiger partial charge in [0.05, 0.1) is 11.8 Å². The molecule has 5 nitrogen and oxygen atoms in total. The Morgan fingerprint density at radius 3 is 2.50 bits per heavy atom. The molecule has 18 heavy (non-hydrogen) atoms. The van der Waals surface area contributed by atoms with Crippen LogP contribution in [0.2, 0.25) is 0 Å². The molecule has 1 aromatic heterocycles. The molecule has 0 aromatic carbocycles. The Bertz CT molecular complexity index is 454. The zero-order chi connectivity index (χ0) is 13.9. The van der Waals surface area contributed by atoms with Crippen molar-refractivity contribution in [3.05, 3.63) is 23.2 Å². The lowest BCUT2D eigenvalue weighted by Crippen LogP contribution is -2.33. The molecule has 1 aromatic rings. The Labute approximate surface area is 106 Å². The van der Waals surface area contributed by atoms with Gasteiger partial charge in [-0.2, -0.15) is 0 Å². The zero-order valence-electron chi connectivity index (χ0n) is 11.2. The third-order valence-corrected chi connectivity index (χ3v) is 2.37. The normalized spacial score (nSPS) is 11.3. The molecule has 0 aliphatic heterocycles. The number of aryl methyl sites for hydroxylation is 1. The van der Waals surface area contributed by atoms with Crippen LogP contribution in [0.5, 0.6) is 0 Å². The fourth-order valence-electron chi connectivity index (χ4n) is 1.50. The van der Waals surface area contributed by atoms with Crippen LogP contribution in [0, 0.1) is 12.3 Å². The van der Waals surface area contributed by atoms with Gasteiger partial charge in [0.15, 0.2) is 0 Å². The molecule has 100 valence electrons. The second-order valence-electron chi connectivity index (χ2n) is 5.53. The lowest BCUT2D eigenvalue weighted by Gasteiger charge is -2.18.